The lowest BCUT2D eigenvalue weighted by Crippen LogP contribution is -2.13. The van der Waals surface area contributed by atoms with Crippen molar-refractivity contribution in [3.05, 3.63) is 12.2 Å². The van der Waals surface area contributed by atoms with Gasteiger partial charge in [-0.05, 0) is 13.8 Å². The second kappa shape index (κ2) is 7.73. The van der Waals surface area contributed by atoms with Crippen molar-refractivity contribution in [1.82, 2.24) is 0 Å². The fourth-order valence-electron chi connectivity index (χ4n) is 0.771. The number of hydrogen-bond acceptors (Lipinski definition) is 5. The Balaban J connectivity index is 3.75. The van der Waals surface area contributed by atoms with Gasteiger partial charge < -0.3 is 9.47 Å². The molecule has 0 unspecified atom stereocenters. The van der Waals surface area contributed by atoms with Crippen LogP contribution in [-0.2, 0) is 23.9 Å². The van der Waals surface area contributed by atoms with Gasteiger partial charge in [0.1, 0.15) is 0 Å². The Hall–Kier alpha value is -1.65. The Morgan fingerprint density at radius 2 is 1.73 bits per heavy atom. The van der Waals surface area contributed by atoms with Crippen molar-refractivity contribution >= 4 is 17.9 Å². The minimum absolute atomic E-state index is 0.0736. The largest absolute Gasteiger partial charge is 0.466 e. The molecule has 0 N–H and O–H groups in total. The van der Waals surface area contributed by atoms with Gasteiger partial charge in [-0.2, -0.15) is 0 Å². The van der Waals surface area contributed by atoms with Crippen LogP contribution in [0.3, 0.4) is 0 Å². The van der Waals surface area contributed by atoms with Crippen molar-refractivity contribution < 1.29 is 23.9 Å². The Morgan fingerprint density at radius 3 is 2.27 bits per heavy atom. The minimum atomic E-state index is -0.730. The van der Waals surface area contributed by atoms with Crippen molar-refractivity contribution in [2.24, 2.45) is 0 Å². The fourth-order valence-corrected chi connectivity index (χ4v) is 0.771. The molecular weight excluding hydrogens is 200 g/mol. The van der Waals surface area contributed by atoms with Crippen LogP contribution in [0.1, 0.15) is 26.7 Å². The molecule has 15 heavy (non-hydrogen) atoms. The van der Waals surface area contributed by atoms with E-state index in [2.05, 4.69) is 9.47 Å². The molecule has 5 heteroatoms. The van der Waals surface area contributed by atoms with Gasteiger partial charge in [-0.25, -0.2) is 4.79 Å². The summed E-state index contributed by atoms with van der Waals surface area (Å²) in [5, 5.41) is 0. The van der Waals surface area contributed by atoms with Gasteiger partial charge in [0.15, 0.2) is 0 Å². The zero-order valence-corrected chi connectivity index (χ0v) is 8.82. The van der Waals surface area contributed by atoms with Crippen LogP contribution in [0.15, 0.2) is 12.2 Å². The van der Waals surface area contributed by atoms with Gasteiger partial charge in [-0.1, -0.05) is 6.08 Å². The molecule has 0 fully saturated rings. The summed E-state index contributed by atoms with van der Waals surface area (Å²) in [6, 6.07) is 0. The van der Waals surface area contributed by atoms with Gasteiger partial charge in [-0.3, -0.25) is 9.59 Å². The summed E-state index contributed by atoms with van der Waals surface area (Å²) < 4.78 is 8.95. The average molecular weight is 214 g/mol. The number of hydrogen-bond donors (Lipinski definition) is 0. The summed E-state index contributed by atoms with van der Waals surface area (Å²) in [7, 11) is 0. The molecule has 0 bridgehead atoms. The van der Waals surface area contributed by atoms with Crippen LogP contribution in [0, 0.1) is 0 Å². The van der Waals surface area contributed by atoms with Gasteiger partial charge in [0, 0.05) is 6.08 Å². The minimum Gasteiger partial charge on any atom is -0.466 e. The zero-order valence-electron chi connectivity index (χ0n) is 8.82. The number of carbonyl (C=O) groups excluding carboxylic acids is 3. The third kappa shape index (κ3) is 7.42. The highest BCUT2D eigenvalue weighted by molar-refractivity contribution is 5.92. The van der Waals surface area contributed by atoms with E-state index in [0.29, 0.717) is 0 Å². The second-order valence-corrected chi connectivity index (χ2v) is 2.60. The Labute approximate surface area is 88.0 Å². The van der Waals surface area contributed by atoms with E-state index in [1.54, 1.807) is 13.8 Å². The molecule has 0 spiro atoms. The molecule has 0 aliphatic heterocycles. The van der Waals surface area contributed by atoms with E-state index >= 15 is 0 Å². The molecule has 0 saturated heterocycles. The van der Waals surface area contributed by atoms with Gasteiger partial charge in [0.25, 0.3) is 0 Å². The molecule has 5 nitrogen and oxygen atoms in total. The van der Waals surface area contributed by atoms with Crippen LogP contribution >= 0.6 is 0 Å². The van der Waals surface area contributed by atoms with Crippen molar-refractivity contribution in [1.29, 1.82) is 0 Å². The third-order valence-corrected chi connectivity index (χ3v) is 1.36. The maximum absolute atomic E-state index is 11.0. The number of esters is 3. The first-order valence-electron chi connectivity index (χ1n) is 4.63. The molecule has 0 amide bonds. The number of rotatable bonds is 5. The summed E-state index contributed by atoms with van der Waals surface area (Å²) in [5.41, 5.74) is 0. The maximum atomic E-state index is 11.0. The molecule has 0 aromatic heterocycles. The first-order valence-corrected chi connectivity index (χ1v) is 4.63. The van der Waals surface area contributed by atoms with E-state index in [4.69, 9.17) is 0 Å². The van der Waals surface area contributed by atoms with E-state index in [0.717, 1.165) is 6.08 Å². The first-order chi connectivity index (χ1) is 7.10. The van der Waals surface area contributed by atoms with Crippen LogP contribution < -0.4 is 0 Å². The molecule has 0 saturated carbocycles. The van der Waals surface area contributed by atoms with Crippen LogP contribution in [0.2, 0.25) is 0 Å². The van der Waals surface area contributed by atoms with E-state index in [9.17, 15) is 14.4 Å². The number of allylic oxidation sites excluding steroid dienone is 1. The number of carbonyl (C=O) groups is 3. The van der Waals surface area contributed by atoms with Crippen LogP contribution in [0.25, 0.3) is 0 Å². The fraction of sp³-hybridized carbons (Fsp3) is 0.500. The SMILES string of the molecule is CC=CC(=O)OC(=O)CCC(=O)OCC. The highest BCUT2D eigenvalue weighted by atomic mass is 16.6. The quantitative estimate of drug-likeness (QED) is 0.387. The summed E-state index contributed by atoms with van der Waals surface area (Å²) in [4.78, 5) is 32.6. The first kappa shape index (κ1) is 13.4. The van der Waals surface area contributed by atoms with Crippen molar-refractivity contribution in [2.75, 3.05) is 6.61 Å². The van der Waals surface area contributed by atoms with Crippen molar-refractivity contribution in [2.45, 2.75) is 26.7 Å². The normalized spacial score (nSPS) is 10.0. The molecule has 0 aliphatic carbocycles. The highest BCUT2D eigenvalue weighted by Gasteiger charge is 2.10. The molecule has 0 atom stereocenters. The Bertz CT molecular complexity index is 267. The van der Waals surface area contributed by atoms with E-state index < -0.39 is 17.9 Å². The van der Waals surface area contributed by atoms with Gasteiger partial charge in [0.05, 0.1) is 19.4 Å². The second-order valence-electron chi connectivity index (χ2n) is 2.60. The molecule has 0 aromatic rings. The number of ether oxygens (including phenoxy) is 2. The smallest absolute Gasteiger partial charge is 0.338 e. The Morgan fingerprint density at radius 1 is 1.13 bits per heavy atom. The lowest BCUT2D eigenvalue weighted by atomic mass is 10.3. The molecule has 84 valence electrons. The third-order valence-electron chi connectivity index (χ3n) is 1.36. The van der Waals surface area contributed by atoms with Crippen LogP contribution in [0.5, 0.6) is 0 Å². The lowest BCUT2D eigenvalue weighted by molar-refractivity contribution is -0.158. The predicted octanol–water partition coefficient (Wildman–Crippen LogP) is 0.976. The molecule has 0 radical (unpaired) electrons. The average Bonchev–Trinajstić information content (AvgIpc) is 2.15. The van der Waals surface area contributed by atoms with Crippen molar-refractivity contribution in [3.63, 3.8) is 0 Å². The van der Waals surface area contributed by atoms with E-state index in [1.807, 2.05) is 0 Å². The monoisotopic (exact) mass is 214 g/mol. The lowest BCUT2D eigenvalue weighted by Gasteiger charge is -2.00. The molecule has 0 aliphatic rings. The van der Waals surface area contributed by atoms with Gasteiger partial charge in [-0.15, -0.1) is 0 Å². The van der Waals surface area contributed by atoms with E-state index in [-0.39, 0.29) is 19.4 Å². The topological polar surface area (TPSA) is 69.7 Å². The van der Waals surface area contributed by atoms with Gasteiger partial charge >= 0.3 is 17.9 Å². The van der Waals surface area contributed by atoms with Gasteiger partial charge in [0.2, 0.25) is 0 Å². The predicted molar refractivity (Wildman–Crippen MR) is 51.8 cm³/mol. The summed E-state index contributed by atoms with van der Waals surface area (Å²) in [6.07, 6.45) is 2.36. The van der Waals surface area contributed by atoms with Crippen LogP contribution in [-0.4, -0.2) is 24.5 Å². The maximum Gasteiger partial charge on any atom is 0.338 e. The zero-order chi connectivity index (χ0) is 11.7. The molecule has 0 heterocycles. The summed E-state index contributed by atoms with van der Waals surface area (Å²) in [6.45, 7) is 3.57. The summed E-state index contributed by atoms with van der Waals surface area (Å²) in [5.74, 6) is -1.94. The highest BCUT2D eigenvalue weighted by Crippen LogP contribution is 1.96. The standard InChI is InChI=1S/C10H14O5/c1-3-5-9(12)15-10(13)7-6-8(11)14-4-2/h3,5H,4,6-7H2,1-2H3. The molecule has 0 rings (SSSR count). The van der Waals surface area contributed by atoms with Crippen LogP contribution in [0.4, 0.5) is 0 Å². The molecular formula is C10H14O5. The molecule has 0 aromatic carbocycles. The Kier molecular flexibility index (Phi) is 6.88. The van der Waals surface area contributed by atoms with Crippen molar-refractivity contribution in [3.8, 4) is 0 Å². The summed E-state index contributed by atoms with van der Waals surface area (Å²) >= 11 is 0. The van der Waals surface area contributed by atoms with E-state index in [1.165, 1.54) is 6.08 Å².